The number of nitrogens with two attached hydrogens (primary N) is 2. The maximum atomic E-state index is 5.88. The first-order valence-electron chi connectivity index (χ1n) is 5.46. The molecule has 2 nitrogen and oxygen atoms in total. The van der Waals surface area contributed by atoms with Crippen LogP contribution >= 0.6 is 11.8 Å². The molecule has 0 bridgehead atoms. The molecule has 2 aromatic carbocycles. The van der Waals surface area contributed by atoms with Crippen LogP contribution in [0.1, 0.15) is 11.1 Å². The van der Waals surface area contributed by atoms with Gasteiger partial charge in [0.25, 0.3) is 0 Å². The lowest BCUT2D eigenvalue weighted by molar-refractivity contribution is 1.17. The van der Waals surface area contributed by atoms with Crippen molar-refractivity contribution in [3.8, 4) is 0 Å². The summed E-state index contributed by atoms with van der Waals surface area (Å²) in [6.07, 6.45) is 2.93. The Balaban J connectivity index is 2.24. The number of thioether (sulfide) groups is 1. The lowest BCUT2D eigenvalue weighted by Crippen LogP contribution is -1.94. The van der Waals surface area contributed by atoms with Crippen molar-refractivity contribution in [3.05, 3.63) is 53.6 Å². The van der Waals surface area contributed by atoms with Crippen LogP contribution in [0.3, 0.4) is 0 Å². The number of hydrogen-bond donors (Lipinski definition) is 2. The molecule has 0 aliphatic heterocycles. The molecule has 0 heterocycles. The largest absolute Gasteiger partial charge is 0.399 e. The predicted octanol–water partition coefficient (Wildman–Crippen LogP) is 3.16. The van der Waals surface area contributed by atoms with Crippen LogP contribution in [0.2, 0.25) is 0 Å². The molecular formula is C14H16N2S. The maximum Gasteiger partial charge on any atom is 0.0452 e. The van der Waals surface area contributed by atoms with E-state index in [4.69, 9.17) is 11.5 Å². The van der Waals surface area contributed by atoms with E-state index in [2.05, 4.69) is 18.2 Å². The van der Waals surface area contributed by atoms with Crippen LogP contribution in [-0.4, -0.2) is 6.26 Å². The number of nitrogen functional groups attached to an aromatic ring is 2. The average Bonchev–Trinajstić information content (AvgIpc) is 2.32. The van der Waals surface area contributed by atoms with Gasteiger partial charge in [-0.25, -0.2) is 0 Å². The second-order valence-electron chi connectivity index (χ2n) is 4.00. The Morgan fingerprint density at radius 2 is 1.76 bits per heavy atom. The van der Waals surface area contributed by atoms with Crippen molar-refractivity contribution in [1.82, 2.24) is 0 Å². The normalized spacial score (nSPS) is 10.4. The predicted molar refractivity (Wildman–Crippen MR) is 76.3 cm³/mol. The second-order valence-corrected chi connectivity index (χ2v) is 4.85. The van der Waals surface area contributed by atoms with Crippen molar-refractivity contribution in [3.63, 3.8) is 0 Å². The van der Waals surface area contributed by atoms with E-state index in [0.29, 0.717) is 0 Å². The van der Waals surface area contributed by atoms with Gasteiger partial charge in [0.2, 0.25) is 0 Å². The highest BCUT2D eigenvalue weighted by Gasteiger charge is 2.01. The first kappa shape index (κ1) is 11.9. The van der Waals surface area contributed by atoms with Gasteiger partial charge in [-0.2, -0.15) is 0 Å². The molecule has 88 valence electrons. The molecule has 4 N–H and O–H groups in total. The minimum absolute atomic E-state index is 0.808. The summed E-state index contributed by atoms with van der Waals surface area (Å²) in [5.41, 5.74) is 15.8. The molecule has 17 heavy (non-hydrogen) atoms. The fraction of sp³-hybridized carbons (Fsp3) is 0.143. The summed E-state index contributed by atoms with van der Waals surface area (Å²) >= 11 is 1.67. The van der Waals surface area contributed by atoms with E-state index in [-0.39, 0.29) is 0 Å². The van der Waals surface area contributed by atoms with Crippen LogP contribution < -0.4 is 11.5 Å². The van der Waals surface area contributed by atoms with Crippen molar-refractivity contribution in [2.45, 2.75) is 11.3 Å². The Hall–Kier alpha value is -1.61. The third-order valence-electron chi connectivity index (χ3n) is 2.66. The van der Waals surface area contributed by atoms with Crippen molar-refractivity contribution in [2.24, 2.45) is 0 Å². The zero-order chi connectivity index (χ0) is 12.3. The fourth-order valence-electron chi connectivity index (χ4n) is 1.80. The molecule has 0 radical (unpaired) electrons. The van der Waals surface area contributed by atoms with Gasteiger partial charge in [0, 0.05) is 16.3 Å². The van der Waals surface area contributed by atoms with E-state index in [9.17, 15) is 0 Å². The molecule has 0 amide bonds. The highest BCUT2D eigenvalue weighted by Crippen LogP contribution is 2.25. The van der Waals surface area contributed by atoms with E-state index in [0.717, 1.165) is 22.7 Å². The quantitative estimate of drug-likeness (QED) is 0.644. The van der Waals surface area contributed by atoms with Gasteiger partial charge in [-0.1, -0.05) is 18.2 Å². The van der Waals surface area contributed by atoms with Crippen LogP contribution in [0.15, 0.2) is 47.4 Å². The van der Waals surface area contributed by atoms with Crippen LogP contribution in [-0.2, 0) is 6.42 Å². The van der Waals surface area contributed by atoms with Crippen molar-refractivity contribution < 1.29 is 0 Å². The summed E-state index contributed by atoms with van der Waals surface area (Å²) in [5.74, 6) is 0. The molecule has 0 saturated carbocycles. The standard InChI is InChI=1S/C14H16N2S/c1-17-14-9-11(5-6-13(14)16)7-10-3-2-4-12(15)8-10/h2-6,8-9H,7,15-16H2,1H3. The van der Waals surface area contributed by atoms with Crippen LogP contribution in [0.5, 0.6) is 0 Å². The van der Waals surface area contributed by atoms with Gasteiger partial charge in [0.05, 0.1) is 0 Å². The smallest absolute Gasteiger partial charge is 0.0452 e. The van der Waals surface area contributed by atoms with Gasteiger partial charge in [-0.15, -0.1) is 11.8 Å². The van der Waals surface area contributed by atoms with Gasteiger partial charge in [-0.3, -0.25) is 0 Å². The van der Waals surface area contributed by atoms with Crippen LogP contribution in [0.25, 0.3) is 0 Å². The van der Waals surface area contributed by atoms with Gasteiger partial charge in [0.1, 0.15) is 0 Å². The Morgan fingerprint density at radius 1 is 1.00 bits per heavy atom. The van der Waals surface area contributed by atoms with E-state index < -0.39 is 0 Å². The third-order valence-corrected chi connectivity index (χ3v) is 3.45. The first-order valence-corrected chi connectivity index (χ1v) is 6.68. The topological polar surface area (TPSA) is 52.0 Å². The summed E-state index contributed by atoms with van der Waals surface area (Å²) in [5, 5.41) is 0. The number of rotatable bonds is 3. The molecule has 0 aliphatic rings. The van der Waals surface area contributed by atoms with Gasteiger partial charge >= 0.3 is 0 Å². The number of benzene rings is 2. The summed E-state index contributed by atoms with van der Waals surface area (Å²) in [6.45, 7) is 0. The Kier molecular flexibility index (Phi) is 3.59. The third kappa shape index (κ3) is 2.94. The summed E-state index contributed by atoms with van der Waals surface area (Å²) in [4.78, 5) is 1.13. The SMILES string of the molecule is CSc1cc(Cc2cccc(N)c2)ccc1N. The molecule has 0 atom stereocenters. The first-order chi connectivity index (χ1) is 8.19. The van der Waals surface area contributed by atoms with Gasteiger partial charge in [-0.05, 0) is 48.1 Å². The molecule has 2 aromatic rings. The summed E-state index contributed by atoms with van der Waals surface area (Å²) < 4.78 is 0. The minimum atomic E-state index is 0.808. The van der Waals surface area contributed by atoms with E-state index >= 15 is 0 Å². The minimum Gasteiger partial charge on any atom is -0.399 e. The monoisotopic (exact) mass is 244 g/mol. The van der Waals surface area contributed by atoms with Crippen LogP contribution in [0, 0.1) is 0 Å². The zero-order valence-electron chi connectivity index (χ0n) is 9.81. The Labute approximate surface area is 106 Å². The average molecular weight is 244 g/mol. The molecule has 0 spiro atoms. The zero-order valence-corrected chi connectivity index (χ0v) is 10.6. The fourth-order valence-corrected chi connectivity index (χ4v) is 2.38. The highest BCUT2D eigenvalue weighted by atomic mass is 32.2. The molecule has 0 saturated heterocycles. The maximum absolute atomic E-state index is 5.88. The van der Waals surface area contributed by atoms with Crippen molar-refractivity contribution >= 4 is 23.1 Å². The molecule has 0 aromatic heterocycles. The van der Waals surface area contributed by atoms with E-state index in [1.807, 2.05) is 30.5 Å². The Bertz CT molecular complexity index is 523. The second kappa shape index (κ2) is 5.15. The number of hydrogen-bond acceptors (Lipinski definition) is 3. The molecule has 2 rings (SSSR count). The lowest BCUT2D eigenvalue weighted by Gasteiger charge is -2.07. The van der Waals surface area contributed by atoms with E-state index in [1.165, 1.54) is 11.1 Å². The molecule has 3 heteroatoms. The van der Waals surface area contributed by atoms with Crippen molar-refractivity contribution in [1.29, 1.82) is 0 Å². The molecule has 0 unspecified atom stereocenters. The van der Waals surface area contributed by atoms with Gasteiger partial charge in [0.15, 0.2) is 0 Å². The lowest BCUT2D eigenvalue weighted by atomic mass is 10.0. The van der Waals surface area contributed by atoms with Crippen LogP contribution in [0.4, 0.5) is 11.4 Å². The molecule has 0 fully saturated rings. The summed E-state index contributed by atoms with van der Waals surface area (Å²) in [6, 6.07) is 14.2. The van der Waals surface area contributed by atoms with Crippen molar-refractivity contribution in [2.75, 3.05) is 17.7 Å². The van der Waals surface area contributed by atoms with Gasteiger partial charge < -0.3 is 11.5 Å². The molecule has 0 aliphatic carbocycles. The highest BCUT2D eigenvalue weighted by molar-refractivity contribution is 7.98. The van der Waals surface area contributed by atoms with E-state index in [1.54, 1.807) is 11.8 Å². The number of anilines is 2. The Morgan fingerprint density at radius 3 is 2.47 bits per heavy atom. The summed E-state index contributed by atoms with van der Waals surface area (Å²) in [7, 11) is 0. The molecular weight excluding hydrogens is 228 g/mol.